The third kappa shape index (κ3) is 6.59. The van der Waals surface area contributed by atoms with Crippen LogP contribution in [0.4, 0.5) is 4.79 Å². The van der Waals surface area contributed by atoms with Gasteiger partial charge >= 0.3 is 0 Å². The molecule has 8 nitrogen and oxygen atoms in total. The van der Waals surface area contributed by atoms with Crippen LogP contribution in [0.2, 0.25) is 0 Å². The predicted octanol–water partition coefficient (Wildman–Crippen LogP) is 2.99. The summed E-state index contributed by atoms with van der Waals surface area (Å²) in [5.41, 5.74) is 1.83. The van der Waals surface area contributed by atoms with Crippen molar-refractivity contribution < 1.29 is 23.9 Å². The van der Waals surface area contributed by atoms with Crippen LogP contribution < -0.4 is 14.8 Å². The van der Waals surface area contributed by atoms with Gasteiger partial charge in [0.1, 0.15) is 0 Å². The maximum absolute atomic E-state index is 12.7. The highest BCUT2D eigenvalue weighted by Gasteiger charge is 2.34. The van der Waals surface area contributed by atoms with E-state index in [2.05, 4.69) is 5.32 Å². The number of amides is 3. The number of nitrogens with zero attached hydrogens (tertiary/aromatic N) is 2. The zero-order valence-electron chi connectivity index (χ0n) is 18.9. The predicted molar refractivity (Wildman–Crippen MR) is 128 cm³/mol. The summed E-state index contributed by atoms with van der Waals surface area (Å²) >= 11 is 0.876. The van der Waals surface area contributed by atoms with E-state index in [-0.39, 0.29) is 36.7 Å². The van der Waals surface area contributed by atoms with E-state index in [1.807, 2.05) is 42.3 Å². The average molecular weight is 470 g/mol. The highest BCUT2D eigenvalue weighted by molar-refractivity contribution is 8.18. The average Bonchev–Trinajstić information content (AvgIpc) is 3.06. The topological polar surface area (TPSA) is 88.2 Å². The van der Waals surface area contributed by atoms with Crippen LogP contribution in [0.25, 0.3) is 6.08 Å². The number of carbonyl (C=O) groups excluding carboxylic acids is 3. The van der Waals surface area contributed by atoms with Crippen molar-refractivity contribution in [2.45, 2.75) is 6.54 Å². The van der Waals surface area contributed by atoms with E-state index in [9.17, 15) is 14.4 Å². The van der Waals surface area contributed by atoms with Crippen molar-refractivity contribution >= 4 is 34.9 Å². The Kier molecular flexibility index (Phi) is 8.51. The summed E-state index contributed by atoms with van der Waals surface area (Å²) in [6.07, 6.45) is 1.64. The second kappa shape index (κ2) is 11.5. The highest BCUT2D eigenvalue weighted by atomic mass is 32.2. The van der Waals surface area contributed by atoms with E-state index in [1.54, 1.807) is 31.4 Å². The summed E-state index contributed by atoms with van der Waals surface area (Å²) in [7, 11) is 4.94. The van der Waals surface area contributed by atoms with Crippen LogP contribution in [-0.2, 0) is 16.1 Å². The van der Waals surface area contributed by atoms with Gasteiger partial charge in [0, 0.05) is 19.6 Å². The molecule has 33 heavy (non-hydrogen) atoms. The number of rotatable bonds is 10. The molecule has 0 saturated carbocycles. The molecular weight excluding hydrogens is 442 g/mol. The smallest absolute Gasteiger partial charge is 0.293 e. The lowest BCUT2D eigenvalue weighted by Gasteiger charge is -2.17. The molecule has 0 bridgehead atoms. The fourth-order valence-electron chi connectivity index (χ4n) is 3.35. The van der Waals surface area contributed by atoms with Crippen molar-refractivity contribution in [2.24, 2.45) is 0 Å². The fraction of sp³-hybridized carbons (Fsp3) is 0.292. The van der Waals surface area contributed by atoms with Crippen LogP contribution in [0.15, 0.2) is 53.4 Å². The van der Waals surface area contributed by atoms with E-state index in [0.717, 1.165) is 22.2 Å². The molecule has 174 valence electrons. The Bertz CT molecular complexity index is 1040. The number of nitrogens with one attached hydrogen (secondary N) is 1. The molecule has 3 rings (SSSR count). The number of methoxy groups -OCH3 is 2. The molecule has 1 saturated heterocycles. The number of hydrogen-bond donors (Lipinski definition) is 1. The van der Waals surface area contributed by atoms with Crippen LogP contribution in [0.3, 0.4) is 0 Å². The maximum atomic E-state index is 12.7. The molecule has 0 aromatic heterocycles. The lowest BCUT2D eigenvalue weighted by molar-refractivity contribution is -0.124. The molecule has 0 atom stereocenters. The monoisotopic (exact) mass is 469 g/mol. The second-order valence-electron chi connectivity index (χ2n) is 7.46. The molecule has 1 N–H and O–H groups in total. The zero-order valence-corrected chi connectivity index (χ0v) is 19.7. The normalized spacial score (nSPS) is 14.8. The summed E-state index contributed by atoms with van der Waals surface area (Å²) in [5.74, 6) is 0.565. The number of likely N-dealkylation sites (N-methyl/N-ethyl adjacent to an activating group) is 1. The fourth-order valence-corrected chi connectivity index (χ4v) is 4.21. The lowest BCUT2D eigenvalue weighted by Crippen LogP contribution is -2.40. The highest BCUT2D eigenvalue weighted by Crippen LogP contribution is 2.34. The minimum Gasteiger partial charge on any atom is -0.493 e. The minimum atomic E-state index is -0.379. The number of carbonyl (C=O) groups is 3. The van der Waals surface area contributed by atoms with Crippen LogP contribution in [0.5, 0.6) is 11.5 Å². The van der Waals surface area contributed by atoms with Gasteiger partial charge in [-0.05, 0) is 48.1 Å². The Labute approximate surface area is 197 Å². The lowest BCUT2D eigenvalue weighted by atomic mass is 10.2. The van der Waals surface area contributed by atoms with Gasteiger partial charge in [0.2, 0.25) is 5.91 Å². The van der Waals surface area contributed by atoms with Gasteiger partial charge in [0.15, 0.2) is 11.5 Å². The summed E-state index contributed by atoms with van der Waals surface area (Å²) in [5, 5.41) is 2.41. The summed E-state index contributed by atoms with van der Waals surface area (Å²) < 4.78 is 10.5. The number of imide groups is 1. The van der Waals surface area contributed by atoms with Gasteiger partial charge in [0.05, 0.1) is 25.7 Å². The first-order valence-corrected chi connectivity index (χ1v) is 11.2. The summed E-state index contributed by atoms with van der Waals surface area (Å²) in [6.45, 7) is 1.18. The van der Waals surface area contributed by atoms with Gasteiger partial charge in [-0.25, -0.2) is 0 Å². The minimum absolute atomic E-state index is 0.113. The number of hydrogen-bond acceptors (Lipinski definition) is 7. The first-order chi connectivity index (χ1) is 15.9. The zero-order chi connectivity index (χ0) is 23.8. The summed E-state index contributed by atoms with van der Waals surface area (Å²) in [6, 6.07) is 15.1. The SMILES string of the molecule is COc1ccc(/C=C2\SC(=O)N(CCNC(=O)CN(C)Cc3ccccc3)C2=O)cc1OC. The van der Waals surface area contributed by atoms with Crippen LogP contribution in [-0.4, -0.2) is 67.8 Å². The number of ether oxygens (including phenoxy) is 2. The number of benzene rings is 2. The van der Waals surface area contributed by atoms with Gasteiger partial charge in [-0.3, -0.25) is 24.2 Å². The quantitative estimate of drug-likeness (QED) is 0.535. The van der Waals surface area contributed by atoms with E-state index in [4.69, 9.17) is 9.47 Å². The summed E-state index contributed by atoms with van der Waals surface area (Å²) in [4.78, 5) is 40.6. The van der Waals surface area contributed by atoms with Crippen molar-refractivity contribution in [3.63, 3.8) is 0 Å². The van der Waals surface area contributed by atoms with Crippen molar-refractivity contribution in [2.75, 3.05) is 40.9 Å². The van der Waals surface area contributed by atoms with Crippen molar-refractivity contribution in [3.05, 3.63) is 64.6 Å². The molecular formula is C24H27N3O5S. The van der Waals surface area contributed by atoms with Crippen molar-refractivity contribution in [1.82, 2.24) is 15.1 Å². The number of thioether (sulfide) groups is 1. The molecule has 9 heteroatoms. The van der Waals surface area contributed by atoms with Crippen molar-refractivity contribution in [3.8, 4) is 11.5 Å². The van der Waals surface area contributed by atoms with Crippen LogP contribution in [0, 0.1) is 0 Å². The van der Waals surface area contributed by atoms with Gasteiger partial charge in [-0.2, -0.15) is 0 Å². The van der Waals surface area contributed by atoms with E-state index < -0.39 is 0 Å². The van der Waals surface area contributed by atoms with Gasteiger partial charge in [0.25, 0.3) is 11.1 Å². The molecule has 1 fully saturated rings. The Morgan fingerprint density at radius 2 is 1.82 bits per heavy atom. The Hall–Kier alpha value is -3.30. The van der Waals surface area contributed by atoms with Gasteiger partial charge in [-0.1, -0.05) is 36.4 Å². The molecule has 2 aromatic rings. The molecule has 0 unspecified atom stereocenters. The van der Waals surface area contributed by atoms with Gasteiger partial charge in [-0.15, -0.1) is 0 Å². The molecule has 0 radical (unpaired) electrons. The van der Waals surface area contributed by atoms with Crippen molar-refractivity contribution in [1.29, 1.82) is 0 Å². The maximum Gasteiger partial charge on any atom is 0.293 e. The molecule has 1 heterocycles. The first kappa shape index (κ1) is 24.3. The van der Waals surface area contributed by atoms with E-state index in [1.165, 1.54) is 7.11 Å². The molecule has 0 spiro atoms. The third-order valence-electron chi connectivity index (χ3n) is 4.95. The molecule has 1 aliphatic heterocycles. The van der Waals surface area contributed by atoms with Crippen LogP contribution in [0.1, 0.15) is 11.1 Å². The van der Waals surface area contributed by atoms with Gasteiger partial charge < -0.3 is 14.8 Å². The standard InChI is InChI=1S/C24H27N3O5S/c1-26(15-17-7-5-4-6-8-17)16-22(28)25-11-12-27-23(29)21(33-24(27)30)14-18-9-10-19(31-2)20(13-18)32-3/h4-10,13-14H,11-12,15-16H2,1-3H3,(H,25,28)/b21-14-. The molecule has 2 aromatic carbocycles. The Morgan fingerprint density at radius 3 is 2.52 bits per heavy atom. The first-order valence-electron chi connectivity index (χ1n) is 10.4. The molecule has 1 aliphatic rings. The van der Waals surface area contributed by atoms with E-state index >= 15 is 0 Å². The van der Waals surface area contributed by atoms with E-state index in [0.29, 0.717) is 28.5 Å². The molecule has 3 amide bonds. The third-order valence-corrected chi connectivity index (χ3v) is 5.85. The van der Waals surface area contributed by atoms with Crippen LogP contribution >= 0.6 is 11.8 Å². The Balaban J connectivity index is 1.51. The second-order valence-corrected chi connectivity index (χ2v) is 8.45. The molecule has 0 aliphatic carbocycles. The Morgan fingerprint density at radius 1 is 1.09 bits per heavy atom. The largest absolute Gasteiger partial charge is 0.493 e.